The maximum Gasteiger partial charge on any atom is 0.417 e. The van der Waals surface area contributed by atoms with E-state index in [1.807, 2.05) is 0 Å². The number of fused-ring (bicyclic) bond motifs is 2. The Balaban J connectivity index is 0.00000256. The molecule has 160 valence electrons. The van der Waals surface area contributed by atoms with Crippen LogP contribution in [0.2, 0.25) is 10.0 Å². The molecule has 0 saturated carbocycles. The van der Waals surface area contributed by atoms with Gasteiger partial charge in [0, 0.05) is 18.7 Å². The minimum atomic E-state index is -4.87. The van der Waals surface area contributed by atoms with E-state index in [4.69, 9.17) is 27.9 Å². The highest BCUT2D eigenvalue weighted by molar-refractivity contribution is 6.35. The van der Waals surface area contributed by atoms with E-state index in [2.05, 4.69) is 5.32 Å². The van der Waals surface area contributed by atoms with E-state index in [0.717, 1.165) is 23.3 Å². The van der Waals surface area contributed by atoms with E-state index in [1.165, 1.54) is 6.07 Å². The second-order valence-electron chi connectivity index (χ2n) is 6.93. The molecule has 0 radical (unpaired) electrons. The summed E-state index contributed by atoms with van der Waals surface area (Å²) in [7, 11) is 0. The van der Waals surface area contributed by atoms with Crippen molar-refractivity contribution in [2.24, 2.45) is 0 Å². The molecular formula is C20H14Cl3F4NO2. The van der Waals surface area contributed by atoms with E-state index >= 15 is 0 Å². The van der Waals surface area contributed by atoms with Crippen molar-refractivity contribution in [1.82, 2.24) is 5.32 Å². The lowest BCUT2D eigenvalue weighted by atomic mass is 9.86. The van der Waals surface area contributed by atoms with Crippen molar-refractivity contribution in [3.63, 3.8) is 0 Å². The lowest BCUT2D eigenvalue weighted by Gasteiger charge is -2.39. The summed E-state index contributed by atoms with van der Waals surface area (Å²) >= 11 is 11.2. The van der Waals surface area contributed by atoms with Crippen LogP contribution in [0.15, 0.2) is 36.4 Å². The molecule has 0 bridgehead atoms. The first kappa shape index (κ1) is 23.0. The Labute approximate surface area is 185 Å². The average Bonchev–Trinajstić information content (AvgIpc) is 3.01. The SMILES string of the molecule is Cl.O=C(C=C(c1cc(Cl)c(F)c(Cl)c1)C(F)(F)F)c1ccc2c(c1)COC21CNC1. The van der Waals surface area contributed by atoms with Gasteiger partial charge in [0.25, 0.3) is 0 Å². The van der Waals surface area contributed by atoms with Crippen LogP contribution in [0.25, 0.3) is 5.57 Å². The summed E-state index contributed by atoms with van der Waals surface area (Å²) in [4.78, 5) is 12.6. The second-order valence-corrected chi connectivity index (χ2v) is 7.75. The summed E-state index contributed by atoms with van der Waals surface area (Å²) in [6.07, 6.45) is -4.40. The summed E-state index contributed by atoms with van der Waals surface area (Å²) in [6, 6.07) is 6.31. The van der Waals surface area contributed by atoms with E-state index in [-0.39, 0.29) is 24.6 Å². The monoisotopic (exact) mass is 481 g/mol. The number of nitrogens with one attached hydrogen (secondary N) is 1. The molecule has 0 unspecified atom stereocenters. The van der Waals surface area contributed by atoms with E-state index in [0.29, 0.717) is 19.2 Å². The zero-order valence-corrected chi connectivity index (χ0v) is 17.4. The largest absolute Gasteiger partial charge is 0.417 e. The van der Waals surface area contributed by atoms with Crippen LogP contribution >= 0.6 is 35.6 Å². The molecule has 1 N–H and O–H groups in total. The van der Waals surface area contributed by atoms with Crippen LogP contribution in [0.3, 0.4) is 0 Å². The summed E-state index contributed by atoms with van der Waals surface area (Å²) in [5, 5.41) is 1.99. The number of hydrogen-bond donors (Lipinski definition) is 1. The van der Waals surface area contributed by atoms with Crippen molar-refractivity contribution in [3.05, 3.63) is 74.5 Å². The fourth-order valence-electron chi connectivity index (χ4n) is 3.50. The van der Waals surface area contributed by atoms with Crippen molar-refractivity contribution >= 4 is 47.0 Å². The molecule has 0 aromatic heterocycles. The third-order valence-electron chi connectivity index (χ3n) is 5.08. The van der Waals surface area contributed by atoms with Crippen LogP contribution in [0.1, 0.15) is 27.0 Å². The van der Waals surface area contributed by atoms with Crippen molar-refractivity contribution < 1.29 is 27.1 Å². The van der Waals surface area contributed by atoms with Gasteiger partial charge in [-0.3, -0.25) is 4.79 Å². The standard InChI is InChI=1S/C20H13Cl2F4NO2.ClH/c21-15-4-11(5-16(22)18(15)23)14(20(24,25)26)6-17(28)10-1-2-13-12(3-10)7-29-19(13)8-27-9-19;/h1-6,27H,7-9H2;1H. The van der Waals surface area contributed by atoms with E-state index < -0.39 is 44.6 Å². The number of carbonyl (C=O) groups excluding carboxylic acids is 1. The number of ketones is 1. The normalized spacial score (nSPS) is 17.3. The Hall–Kier alpha value is -1.64. The predicted molar refractivity (Wildman–Crippen MR) is 108 cm³/mol. The highest BCUT2D eigenvalue weighted by atomic mass is 35.5. The average molecular weight is 483 g/mol. The molecule has 30 heavy (non-hydrogen) atoms. The third kappa shape index (κ3) is 3.97. The van der Waals surface area contributed by atoms with Crippen LogP contribution in [-0.4, -0.2) is 25.0 Å². The maximum atomic E-state index is 13.6. The van der Waals surface area contributed by atoms with Gasteiger partial charge in [-0.15, -0.1) is 12.4 Å². The Morgan fingerprint density at radius 1 is 1.10 bits per heavy atom. The Bertz CT molecular complexity index is 1030. The molecule has 0 atom stereocenters. The first-order valence-corrected chi connectivity index (χ1v) is 9.32. The molecular weight excluding hydrogens is 469 g/mol. The fraction of sp³-hybridized carbons (Fsp3) is 0.250. The summed E-state index contributed by atoms with van der Waals surface area (Å²) in [6.45, 7) is 1.59. The number of halogens is 7. The number of carbonyl (C=O) groups is 1. The van der Waals surface area contributed by atoms with Crippen molar-refractivity contribution in [2.75, 3.05) is 13.1 Å². The van der Waals surface area contributed by atoms with Gasteiger partial charge >= 0.3 is 6.18 Å². The topological polar surface area (TPSA) is 38.3 Å². The molecule has 10 heteroatoms. The summed E-state index contributed by atoms with van der Waals surface area (Å²) in [5.74, 6) is -1.87. The van der Waals surface area contributed by atoms with Crippen molar-refractivity contribution in [1.29, 1.82) is 0 Å². The molecule has 1 saturated heterocycles. The van der Waals surface area contributed by atoms with Crippen molar-refractivity contribution in [3.8, 4) is 0 Å². The first-order chi connectivity index (χ1) is 13.6. The first-order valence-electron chi connectivity index (χ1n) is 8.57. The Kier molecular flexibility index (Phi) is 6.24. The fourth-order valence-corrected chi connectivity index (χ4v) is 3.99. The number of alkyl halides is 3. The number of benzene rings is 2. The van der Waals surface area contributed by atoms with Gasteiger partial charge in [-0.1, -0.05) is 35.3 Å². The van der Waals surface area contributed by atoms with Gasteiger partial charge in [-0.2, -0.15) is 13.2 Å². The molecule has 3 nitrogen and oxygen atoms in total. The molecule has 0 aliphatic carbocycles. The Morgan fingerprint density at radius 3 is 2.27 bits per heavy atom. The van der Waals surface area contributed by atoms with Crippen LogP contribution < -0.4 is 5.32 Å². The Morgan fingerprint density at radius 2 is 1.73 bits per heavy atom. The number of ether oxygens (including phenoxy) is 1. The molecule has 0 amide bonds. The van der Waals surface area contributed by atoms with Crippen molar-refractivity contribution in [2.45, 2.75) is 18.4 Å². The quantitative estimate of drug-likeness (QED) is 0.264. The van der Waals surface area contributed by atoms with Gasteiger partial charge in [0.2, 0.25) is 0 Å². The van der Waals surface area contributed by atoms with Gasteiger partial charge in [0.1, 0.15) is 5.60 Å². The molecule has 1 fully saturated rings. The van der Waals surface area contributed by atoms with Crippen LogP contribution in [0.5, 0.6) is 0 Å². The molecule has 2 heterocycles. The predicted octanol–water partition coefficient (Wildman–Crippen LogP) is 5.71. The highest BCUT2D eigenvalue weighted by Gasteiger charge is 2.45. The van der Waals surface area contributed by atoms with Gasteiger partial charge in [-0.25, -0.2) is 4.39 Å². The lowest BCUT2D eigenvalue weighted by molar-refractivity contribution is -0.0746. The molecule has 2 aliphatic rings. The minimum absolute atomic E-state index is 0. The van der Waals surface area contributed by atoms with Gasteiger partial charge in [0.15, 0.2) is 11.6 Å². The van der Waals surface area contributed by atoms with E-state index in [1.54, 1.807) is 12.1 Å². The van der Waals surface area contributed by atoms with E-state index in [9.17, 15) is 22.4 Å². The molecule has 2 aliphatic heterocycles. The minimum Gasteiger partial charge on any atom is -0.363 e. The summed E-state index contributed by atoms with van der Waals surface area (Å²) in [5.41, 5.74) is -0.366. The van der Waals surface area contributed by atoms with Crippen LogP contribution in [0, 0.1) is 5.82 Å². The maximum absolute atomic E-state index is 13.6. The second kappa shape index (κ2) is 8.13. The van der Waals surface area contributed by atoms with Gasteiger partial charge in [0.05, 0.1) is 22.2 Å². The molecule has 4 rings (SSSR count). The number of allylic oxidation sites excluding steroid dienone is 2. The third-order valence-corrected chi connectivity index (χ3v) is 5.63. The molecule has 1 spiro atoms. The zero-order chi connectivity index (χ0) is 21.0. The zero-order valence-electron chi connectivity index (χ0n) is 15.1. The van der Waals surface area contributed by atoms with Gasteiger partial charge < -0.3 is 10.1 Å². The lowest BCUT2D eigenvalue weighted by Crippen LogP contribution is -2.56. The molecule has 2 aromatic carbocycles. The van der Waals surface area contributed by atoms with Crippen LogP contribution in [-0.2, 0) is 16.9 Å². The highest BCUT2D eigenvalue weighted by Crippen LogP contribution is 2.40. The number of rotatable bonds is 3. The summed E-state index contributed by atoms with van der Waals surface area (Å²) < 4.78 is 60.1. The van der Waals surface area contributed by atoms with Crippen LogP contribution in [0.4, 0.5) is 17.6 Å². The number of hydrogen-bond acceptors (Lipinski definition) is 3. The van der Waals surface area contributed by atoms with Gasteiger partial charge in [-0.05, 0) is 41.0 Å². The smallest absolute Gasteiger partial charge is 0.363 e. The molecule has 2 aromatic rings.